The summed E-state index contributed by atoms with van der Waals surface area (Å²) in [5.41, 5.74) is 1.21. The zero-order valence-corrected chi connectivity index (χ0v) is 10.7. The highest BCUT2D eigenvalue weighted by atomic mass is 35.5. The van der Waals surface area contributed by atoms with Gasteiger partial charge in [0, 0.05) is 16.8 Å². The van der Waals surface area contributed by atoms with Gasteiger partial charge in [0.2, 0.25) is 0 Å². The average Bonchev–Trinajstić information content (AvgIpc) is 2.32. The largest absolute Gasteiger partial charge is 0.382 e. The fraction of sp³-hybridized carbons (Fsp3) is 0.571. The number of fused-ring (bicyclic) bond motifs is 2. The summed E-state index contributed by atoms with van der Waals surface area (Å²) in [4.78, 5) is 0. The lowest BCUT2D eigenvalue weighted by molar-refractivity contribution is 0.183. The van der Waals surface area contributed by atoms with Gasteiger partial charge in [-0.25, -0.2) is 0 Å². The molecule has 17 heavy (non-hydrogen) atoms. The van der Waals surface area contributed by atoms with Crippen LogP contribution in [0.2, 0.25) is 5.02 Å². The highest BCUT2D eigenvalue weighted by Gasteiger charge is 2.35. The predicted octanol–water partition coefficient (Wildman–Crippen LogP) is 3.14. The molecule has 3 heteroatoms. The SMILES string of the molecule is Clc1ccc(NC2C3CCCC2CNC3)cc1. The Morgan fingerprint density at radius 3 is 2.35 bits per heavy atom. The second kappa shape index (κ2) is 4.87. The Kier molecular flexibility index (Phi) is 3.26. The molecule has 2 aliphatic rings. The smallest absolute Gasteiger partial charge is 0.0407 e. The summed E-state index contributed by atoms with van der Waals surface area (Å²) in [6, 6.07) is 8.73. The Morgan fingerprint density at radius 1 is 1.06 bits per heavy atom. The first-order chi connectivity index (χ1) is 8.33. The molecule has 2 N–H and O–H groups in total. The predicted molar refractivity (Wildman–Crippen MR) is 72.6 cm³/mol. The first kappa shape index (κ1) is 11.4. The van der Waals surface area contributed by atoms with E-state index in [9.17, 15) is 0 Å². The molecule has 2 unspecified atom stereocenters. The molecule has 2 atom stereocenters. The minimum Gasteiger partial charge on any atom is -0.382 e. The van der Waals surface area contributed by atoms with Gasteiger partial charge in [0.05, 0.1) is 0 Å². The lowest BCUT2D eigenvalue weighted by Crippen LogP contribution is -2.52. The van der Waals surface area contributed by atoms with E-state index in [2.05, 4.69) is 22.8 Å². The molecular weight excluding hydrogens is 232 g/mol. The molecule has 0 aromatic heterocycles. The number of anilines is 1. The molecular formula is C14H19ClN2. The molecule has 1 saturated carbocycles. The number of hydrogen-bond donors (Lipinski definition) is 2. The summed E-state index contributed by atoms with van der Waals surface area (Å²) in [7, 11) is 0. The fourth-order valence-electron chi connectivity index (χ4n) is 3.27. The molecule has 92 valence electrons. The maximum atomic E-state index is 5.91. The van der Waals surface area contributed by atoms with E-state index >= 15 is 0 Å². The van der Waals surface area contributed by atoms with Crippen molar-refractivity contribution in [1.82, 2.24) is 5.32 Å². The average molecular weight is 251 g/mol. The van der Waals surface area contributed by atoms with E-state index in [-0.39, 0.29) is 0 Å². The summed E-state index contributed by atoms with van der Waals surface area (Å²) in [5.74, 6) is 1.58. The van der Waals surface area contributed by atoms with Gasteiger partial charge < -0.3 is 10.6 Å². The van der Waals surface area contributed by atoms with Crippen molar-refractivity contribution < 1.29 is 0 Å². The normalized spacial score (nSPS) is 32.2. The molecule has 1 aromatic carbocycles. The molecule has 1 saturated heterocycles. The van der Waals surface area contributed by atoms with Crippen LogP contribution >= 0.6 is 11.6 Å². The molecule has 1 heterocycles. The quantitative estimate of drug-likeness (QED) is 0.843. The number of benzene rings is 1. The van der Waals surface area contributed by atoms with Crippen LogP contribution in [0.3, 0.4) is 0 Å². The number of rotatable bonds is 2. The lowest BCUT2D eigenvalue weighted by atomic mass is 9.74. The molecule has 1 aliphatic carbocycles. The standard InChI is InChI=1S/C14H19ClN2/c15-12-4-6-13(7-5-12)17-14-10-2-1-3-11(14)9-16-8-10/h4-7,10-11,14,16-17H,1-3,8-9H2. The maximum Gasteiger partial charge on any atom is 0.0407 e. The summed E-state index contributed by atoms with van der Waals surface area (Å²) in [6.07, 6.45) is 4.11. The van der Waals surface area contributed by atoms with Crippen LogP contribution in [0, 0.1) is 11.8 Å². The second-order valence-electron chi connectivity index (χ2n) is 5.29. The molecule has 1 aliphatic heterocycles. The Hall–Kier alpha value is -0.730. The highest BCUT2D eigenvalue weighted by molar-refractivity contribution is 6.30. The van der Waals surface area contributed by atoms with E-state index in [1.54, 1.807) is 0 Å². The Morgan fingerprint density at radius 2 is 1.71 bits per heavy atom. The van der Waals surface area contributed by atoms with E-state index in [1.165, 1.54) is 38.0 Å². The van der Waals surface area contributed by atoms with E-state index in [0.717, 1.165) is 16.9 Å². The number of hydrogen-bond acceptors (Lipinski definition) is 2. The van der Waals surface area contributed by atoms with Crippen molar-refractivity contribution in [2.45, 2.75) is 25.3 Å². The van der Waals surface area contributed by atoms with Crippen LogP contribution in [0.4, 0.5) is 5.69 Å². The minimum absolute atomic E-state index is 0.645. The van der Waals surface area contributed by atoms with Gasteiger partial charge in [-0.2, -0.15) is 0 Å². The van der Waals surface area contributed by atoms with Crippen molar-refractivity contribution in [2.24, 2.45) is 11.8 Å². The number of piperidine rings is 1. The Labute approximate surface area is 108 Å². The summed E-state index contributed by atoms with van der Waals surface area (Å²) >= 11 is 5.91. The van der Waals surface area contributed by atoms with Crippen molar-refractivity contribution in [3.63, 3.8) is 0 Å². The van der Waals surface area contributed by atoms with Crippen molar-refractivity contribution in [3.05, 3.63) is 29.3 Å². The fourth-order valence-corrected chi connectivity index (χ4v) is 3.40. The molecule has 1 aromatic rings. The van der Waals surface area contributed by atoms with Crippen LogP contribution in [0.5, 0.6) is 0 Å². The first-order valence-corrected chi connectivity index (χ1v) is 6.93. The summed E-state index contributed by atoms with van der Waals surface area (Å²) in [5, 5.41) is 8.07. The van der Waals surface area contributed by atoms with E-state index < -0.39 is 0 Å². The van der Waals surface area contributed by atoms with Crippen molar-refractivity contribution >= 4 is 17.3 Å². The van der Waals surface area contributed by atoms with Crippen molar-refractivity contribution in [2.75, 3.05) is 18.4 Å². The van der Waals surface area contributed by atoms with Gasteiger partial charge in [-0.05, 0) is 62.0 Å². The Balaban J connectivity index is 1.73. The van der Waals surface area contributed by atoms with Gasteiger partial charge in [0.25, 0.3) is 0 Å². The maximum absolute atomic E-state index is 5.91. The van der Waals surface area contributed by atoms with Crippen LogP contribution in [0.15, 0.2) is 24.3 Å². The van der Waals surface area contributed by atoms with E-state index in [4.69, 9.17) is 11.6 Å². The summed E-state index contributed by atoms with van der Waals surface area (Å²) in [6.45, 7) is 2.34. The third kappa shape index (κ3) is 2.43. The van der Waals surface area contributed by atoms with Crippen molar-refractivity contribution in [1.29, 1.82) is 0 Å². The van der Waals surface area contributed by atoms with Gasteiger partial charge >= 0.3 is 0 Å². The van der Waals surface area contributed by atoms with Gasteiger partial charge in [-0.1, -0.05) is 18.0 Å². The number of halogens is 1. The molecule has 0 radical (unpaired) electrons. The van der Waals surface area contributed by atoms with E-state index in [1.807, 2.05) is 12.1 Å². The Bertz CT molecular complexity index is 354. The monoisotopic (exact) mass is 250 g/mol. The van der Waals surface area contributed by atoms with Crippen LogP contribution in [-0.2, 0) is 0 Å². The van der Waals surface area contributed by atoms with Crippen LogP contribution in [0.1, 0.15) is 19.3 Å². The third-order valence-corrected chi connectivity index (χ3v) is 4.41. The van der Waals surface area contributed by atoms with E-state index in [0.29, 0.717) is 6.04 Å². The zero-order chi connectivity index (χ0) is 11.7. The molecule has 2 fully saturated rings. The lowest BCUT2D eigenvalue weighted by Gasteiger charge is -2.43. The molecule has 0 spiro atoms. The topological polar surface area (TPSA) is 24.1 Å². The second-order valence-corrected chi connectivity index (χ2v) is 5.72. The van der Waals surface area contributed by atoms with Crippen LogP contribution in [-0.4, -0.2) is 19.1 Å². The minimum atomic E-state index is 0.645. The van der Waals surface area contributed by atoms with Crippen LogP contribution in [0.25, 0.3) is 0 Å². The van der Waals surface area contributed by atoms with Crippen LogP contribution < -0.4 is 10.6 Å². The molecule has 0 amide bonds. The first-order valence-electron chi connectivity index (χ1n) is 6.56. The van der Waals surface area contributed by atoms with Gasteiger partial charge in [0.1, 0.15) is 0 Å². The molecule has 2 bridgehead atoms. The van der Waals surface area contributed by atoms with Crippen molar-refractivity contribution in [3.8, 4) is 0 Å². The summed E-state index contributed by atoms with van der Waals surface area (Å²) < 4.78 is 0. The number of nitrogens with one attached hydrogen (secondary N) is 2. The van der Waals surface area contributed by atoms with Gasteiger partial charge in [-0.3, -0.25) is 0 Å². The highest BCUT2D eigenvalue weighted by Crippen LogP contribution is 2.33. The third-order valence-electron chi connectivity index (χ3n) is 4.16. The molecule has 3 rings (SSSR count). The van der Waals surface area contributed by atoms with Gasteiger partial charge in [0.15, 0.2) is 0 Å². The zero-order valence-electron chi connectivity index (χ0n) is 9.95. The molecule has 2 nitrogen and oxygen atoms in total. The van der Waals surface area contributed by atoms with Gasteiger partial charge in [-0.15, -0.1) is 0 Å².